The topological polar surface area (TPSA) is 0 Å². The normalized spacial score (nSPS) is 11.0. The van der Waals surface area contributed by atoms with Crippen LogP contribution in [0.4, 0.5) is 0 Å². The highest BCUT2D eigenvalue weighted by atomic mass is 127. The second kappa shape index (κ2) is 4.00. The van der Waals surface area contributed by atoms with Gasteiger partial charge in [-0.05, 0) is 41.0 Å². The van der Waals surface area contributed by atoms with Crippen LogP contribution in [0.2, 0.25) is 0 Å². The summed E-state index contributed by atoms with van der Waals surface area (Å²) in [4.78, 5) is 2.34. The van der Waals surface area contributed by atoms with Gasteiger partial charge >= 0.3 is 0 Å². The number of fused-ring (bicyclic) bond motifs is 1. The minimum absolute atomic E-state index is 1.08. The molecule has 2 aromatic rings. The van der Waals surface area contributed by atoms with Crippen LogP contribution < -0.4 is 0 Å². The van der Waals surface area contributed by atoms with Gasteiger partial charge in [0, 0.05) is 28.8 Å². The summed E-state index contributed by atoms with van der Waals surface area (Å²) in [5.41, 5.74) is 0. The lowest BCUT2D eigenvalue weighted by Crippen LogP contribution is -1.74. The highest BCUT2D eigenvalue weighted by Crippen LogP contribution is 2.34. The molecular weight excluding hydrogens is 331 g/mol. The first-order valence-corrected chi connectivity index (χ1v) is 7.29. The monoisotopic (exact) mass is 338 g/mol. The number of halogens is 1. The molecule has 1 heterocycles. The standard InChI is InChI=1S/C9H7IS3/c1-12-9-3-8-5(2-7(9)11)6(10)4-13-8/h2-4,11H,1H3. The third-order valence-electron chi connectivity index (χ3n) is 1.83. The highest BCUT2D eigenvalue weighted by Gasteiger charge is 2.05. The van der Waals surface area contributed by atoms with Crippen molar-refractivity contribution >= 4 is 68.4 Å². The molecule has 0 atom stereocenters. The molecule has 0 nitrogen and oxygen atoms in total. The first kappa shape index (κ1) is 10.1. The molecule has 13 heavy (non-hydrogen) atoms. The highest BCUT2D eigenvalue weighted by molar-refractivity contribution is 14.1. The van der Waals surface area contributed by atoms with Crippen molar-refractivity contribution in [3.63, 3.8) is 0 Å². The molecule has 0 aliphatic rings. The summed E-state index contributed by atoms with van der Waals surface area (Å²) >= 11 is 10.4. The van der Waals surface area contributed by atoms with Crippen LogP contribution in [-0.4, -0.2) is 6.26 Å². The maximum Gasteiger partial charge on any atom is 0.0365 e. The van der Waals surface area contributed by atoms with Crippen LogP contribution in [0.25, 0.3) is 10.1 Å². The molecule has 0 unspecified atom stereocenters. The maximum absolute atomic E-state index is 4.46. The molecule has 0 radical (unpaired) electrons. The summed E-state index contributed by atoms with van der Waals surface area (Å²) in [6.07, 6.45) is 2.08. The smallest absolute Gasteiger partial charge is 0.0365 e. The van der Waals surface area contributed by atoms with E-state index < -0.39 is 0 Å². The third kappa shape index (κ3) is 1.86. The molecule has 4 heteroatoms. The summed E-state index contributed by atoms with van der Waals surface area (Å²) < 4.78 is 2.67. The lowest BCUT2D eigenvalue weighted by atomic mass is 10.3. The molecule has 1 aromatic carbocycles. The fourth-order valence-corrected chi connectivity index (χ4v) is 4.07. The van der Waals surface area contributed by atoms with Crippen molar-refractivity contribution in [3.8, 4) is 0 Å². The van der Waals surface area contributed by atoms with Crippen molar-refractivity contribution in [1.29, 1.82) is 0 Å². The molecule has 1 aromatic heterocycles. The van der Waals surface area contributed by atoms with Crippen molar-refractivity contribution < 1.29 is 0 Å². The Balaban J connectivity index is 2.76. The predicted octanol–water partition coefficient (Wildman–Crippen LogP) is 4.52. The Morgan fingerprint density at radius 2 is 2.23 bits per heavy atom. The van der Waals surface area contributed by atoms with E-state index in [9.17, 15) is 0 Å². The molecule has 0 fully saturated rings. The van der Waals surface area contributed by atoms with Crippen LogP contribution in [0.5, 0.6) is 0 Å². The minimum atomic E-state index is 1.08. The Labute approximate surface area is 105 Å². The lowest BCUT2D eigenvalue weighted by Gasteiger charge is -2.01. The average Bonchev–Trinajstić information content (AvgIpc) is 2.47. The van der Waals surface area contributed by atoms with Crippen LogP contribution >= 0.6 is 58.3 Å². The first-order chi connectivity index (χ1) is 6.22. The molecule has 0 N–H and O–H groups in total. The van der Waals surface area contributed by atoms with Crippen molar-refractivity contribution in [2.45, 2.75) is 9.79 Å². The molecular formula is C9H7IS3. The van der Waals surface area contributed by atoms with Gasteiger partial charge in [0.25, 0.3) is 0 Å². The molecule has 0 aliphatic carbocycles. The number of benzene rings is 1. The van der Waals surface area contributed by atoms with E-state index >= 15 is 0 Å². The molecule has 0 saturated heterocycles. The van der Waals surface area contributed by atoms with E-state index in [1.54, 1.807) is 23.1 Å². The van der Waals surface area contributed by atoms with Gasteiger partial charge in [-0.25, -0.2) is 0 Å². The van der Waals surface area contributed by atoms with Gasteiger partial charge in [-0.2, -0.15) is 0 Å². The third-order valence-corrected chi connectivity index (χ3v) is 5.39. The lowest BCUT2D eigenvalue weighted by molar-refractivity contribution is 1.30. The second-order valence-corrected chi connectivity index (χ2v) is 6.01. The van der Waals surface area contributed by atoms with E-state index in [-0.39, 0.29) is 0 Å². The molecule has 2 rings (SSSR count). The van der Waals surface area contributed by atoms with E-state index in [0.29, 0.717) is 0 Å². The van der Waals surface area contributed by atoms with Crippen LogP contribution in [0.3, 0.4) is 0 Å². The summed E-state index contributed by atoms with van der Waals surface area (Å²) in [7, 11) is 0. The summed E-state index contributed by atoms with van der Waals surface area (Å²) in [6, 6.07) is 4.37. The van der Waals surface area contributed by atoms with Gasteiger partial charge in [0.1, 0.15) is 0 Å². The number of hydrogen-bond donors (Lipinski definition) is 1. The van der Waals surface area contributed by atoms with Gasteiger partial charge in [-0.3, -0.25) is 0 Å². The SMILES string of the molecule is CSc1cc2scc(I)c2cc1S. The molecule has 0 aliphatic heterocycles. The Morgan fingerprint density at radius 1 is 1.46 bits per heavy atom. The second-order valence-electron chi connectivity index (χ2n) is 2.60. The molecule has 0 spiro atoms. The van der Waals surface area contributed by atoms with Gasteiger partial charge in [0.05, 0.1) is 0 Å². The average molecular weight is 338 g/mol. The van der Waals surface area contributed by atoms with E-state index in [1.165, 1.54) is 18.6 Å². The summed E-state index contributed by atoms with van der Waals surface area (Å²) in [5, 5.41) is 3.51. The molecule has 68 valence electrons. The van der Waals surface area contributed by atoms with Gasteiger partial charge in [0.15, 0.2) is 0 Å². The van der Waals surface area contributed by atoms with Crippen molar-refractivity contribution in [2.24, 2.45) is 0 Å². The number of hydrogen-bond acceptors (Lipinski definition) is 3. The Hall–Kier alpha value is 0.610. The van der Waals surface area contributed by atoms with E-state index in [2.05, 4.69) is 59.0 Å². The summed E-state index contributed by atoms with van der Waals surface area (Å²) in [6.45, 7) is 0. The van der Waals surface area contributed by atoms with Crippen molar-refractivity contribution in [1.82, 2.24) is 0 Å². The van der Waals surface area contributed by atoms with Crippen LogP contribution in [0.15, 0.2) is 27.3 Å². The Bertz CT molecular complexity index is 447. The number of thiol groups is 1. The predicted molar refractivity (Wildman–Crippen MR) is 73.6 cm³/mol. The quantitative estimate of drug-likeness (QED) is 0.453. The zero-order valence-electron chi connectivity index (χ0n) is 6.87. The van der Waals surface area contributed by atoms with Crippen molar-refractivity contribution in [2.75, 3.05) is 6.26 Å². The van der Waals surface area contributed by atoms with E-state index in [4.69, 9.17) is 0 Å². The van der Waals surface area contributed by atoms with Gasteiger partial charge in [-0.15, -0.1) is 35.7 Å². The Morgan fingerprint density at radius 3 is 2.92 bits per heavy atom. The van der Waals surface area contributed by atoms with E-state index in [1.807, 2.05) is 0 Å². The zero-order valence-corrected chi connectivity index (χ0v) is 11.6. The Kier molecular flexibility index (Phi) is 3.12. The van der Waals surface area contributed by atoms with Gasteiger partial charge in [0.2, 0.25) is 0 Å². The van der Waals surface area contributed by atoms with Gasteiger partial charge < -0.3 is 0 Å². The fraction of sp³-hybridized carbons (Fsp3) is 0.111. The maximum atomic E-state index is 4.46. The first-order valence-electron chi connectivity index (χ1n) is 3.66. The van der Waals surface area contributed by atoms with Crippen LogP contribution in [0.1, 0.15) is 0 Å². The zero-order chi connectivity index (χ0) is 9.42. The largest absolute Gasteiger partial charge is 0.143 e. The fourth-order valence-electron chi connectivity index (χ4n) is 1.18. The number of thioether (sulfide) groups is 1. The minimum Gasteiger partial charge on any atom is -0.143 e. The number of rotatable bonds is 1. The van der Waals surface area contributed by atoms with Crippen LogP contribution in [-0.2, 0) is 0 Å². The van der Waals surface area contributed by atoms with Gasteiger partial charge in [-0.1, -0.05) is 0 Å². The summed E-state index contributed by atoms with van der Waals surface area (Å²) in [5.74, 6) is 0. The molecule has 0 saturated carbocycles. The number of thiophene rings is 1. The van der Waals surface area contributed by atoms with E-state index in [0.717, 1.165) is 4.90 Å². The molecule has 0 amide bonds. The van der Waals surface area contributed by atoms with Crippen molar-refractivity contribution in [3.05, 3.63) is 21.1 Å². The molecule has 0 bridgehead atoms. The van der Waals surface area contributed by atoms with Crippen LogP contribution in [0, 0.1) is 3.57 Å².